The molecule has 0 saturated carbocycles. The minimum Gasteiger partial charge on any atom is -0.403 e. The molecule has 0 bridgehead atoms. The Morgan fingerprint density at radius 1 is 1.78 bits per heavy atom. The largest absolute Gasteiger partial charge is 2.00 e. The van der Waals surface area contributed by atoms with Crippen molar-refractivity contribution in [1.29, 1.82) is 5.41 Å². The van der Waals surface area contributed by atoms with Crippen molar-refractivity contribution in [2.24, 2.45) is 0 Å². The molecule has 0 aromatic carbocycles. The van der Waals surface area contributed by atoms with E-state index >= 15 is 0 Å². The Kier molecular flexibility index (Phi) is 13.7. The van der Waals surface area contributed by atoms with Crippen molar-refractivity contribution in [2.45, 2.75) is 0 Å². The van der Waals surface area contributed by atoms with Gasteiger partial charge in [-0.2, -0.15) is 0 Å². The molecule has 3 nitrogen and oxygen atoms in total. The summed E-state index contributed by atoms with van der Waals surface area (Å²) in [5, 5.41) is 8.60. The number of nitrogens with one attached hydrogen (secondary N) is 2. The molecule has 44 valence electrons. The summed E-state index contributed by atoms with van der Waals surface area (Å²) in [6.45, 7) is 0.287. The van der Waals surface area contributed by atoms with Crippen LogP contribution >= 0.6 is 0 Å². The third-order valence-electron chi connectivity index (χ3n) is 0.425. The molecule has 0 rings (SSSR count). The fourth-order valence-corrected chi connectivity index (χ4v) is 0.181. The van der Waals surface area contributed by atoms with Crippen LogP contribution in [0.15, 0.2) is 0 Å². The minimum absolute atomic E-state index is 0. The molecule has 4 heteroatoms. The van der Waals surface area contributed by atoms with Crippen LogP contribution in [-0.2, 0) is 4.79 Å². The Morgan fingerprint density at radius 3 is 2.89 bits per heavy atom. The smallest absolute Gasteiger partial charge is 0.403 e. The molecule has 0 aliphatic heterocycles. The molecule has 9 heavy (non-hydrogen) atoms. The Hall–Kier alpha value is -0.248. The number of hydrogen-bond acceptors (Lipinski definition) is 2. The molecular weight excluding hydrogens is 342 g/mol. The minimum atomic E-state index is 0. The first-order valence-electron chi connectivity index (χ1n) is 1.98. The van der Waals surface area contributed by atoms with E-state index in [1.807, 2.05) is 6.21 Å². The van der Waals surface area contributed by atoms with E-state index in [1.54, 1.807) is 0 Å². The van der Waals surface area contributed by atoms with Gasteiger partial charge < -0.3 is 16.6 Å². The van der Waals surface area contributed by atoms with Crippen molar-refractivity contribution in [3.8, 4) is 11.8 Å². The maximum absolute atomic E-state index is 9.52. The van der Waals surface area contributed by atoms with Crippen LogP contribution in [-0.4, -0.2) is 19.2 Å². The zero-order valence-electron chi connectivity index (χ0n) is 4.69. The number of hydrogen-bond donors (Lipinski definition) is 2. The molecule has 0 aromatic heterocycles. The summed E-state index contributed by atoms with van der Waals surface area (Å²) < 4.78 is 0. The maximum atomic E-state index is 9.52. The van der Waals surface area contributed by atoms with Crippen LogP contribution in [0.3, 0.4) is 0 Å². The molecule has 0 unspecified atom stereocenters. The van der Waals surface area contributed by atoms with Gasteiger partial charge in [-0.05, 0) is 6.54 Å². The zero-order chi connectivity index (χ0) is 6.24. The SMILES string of the molecule is N=[C-]C#CCNC=O.[U+2]. The Morgan fingerprint density at radius 2 is 2.44 bits per heavy atom. The van der Waals surface area contributed by atoms with Crippen LogP contribution in [0.1, 0.15) is 0 Å². The molecule has 0 spiro atoms. The van der Waals surface area contributed by atoms with Crippen LogP contribution in [0.5, 0.6) is 0 Å². The summed E-state index contributed by atoms with van der Waals surface area (Å²) in [5.74, 6) is 4.67. The normalized spacial score (nSPS) is 5.33. The molecule has 2 N–H and O–H groups in total. The summed E-state index contributed by atoms with van der Waals surface area (Å²) in [7, 11) is 0. The molecule has 0 radical (unpaired) electrons. The first kappa shape index (κ1) is 11.5. The molecular formula is C5H5N2OU+. The molecule has 0 heterocycles. The van der Waals surface area contributed by atoms with E-state index < -0.39 is 0 Å². The van der Waals surface area contributed by atoms with Crippen LogP contribution in [0.4, 0.5) is 0 Å². The van der Waals surface area contributed by atoms with Gasteiger partial charge in [0, 0.05) is 0 Å². The van der Waals surface area contributed by atoms with E-state index in [0.717, 1.165) is 0 Å². The van der Waals surface area contributed by atoms with Crippen LogP contribution < -0.4 is 5.32 Å². The van der Waals surface area contributed by atoms with E-state index in [1.165, 1.54) is 0 Å². The number of amides is 1. The van der Waals surface area contributed by atoms with Crippen molar-refractivity contribution in [3.05, 3.63) is 0 Å². The van der Waals surface area contributed by atoms with Gasteiger partial charge in [0.25, 0.3) is 0 Å². The Bertz CT molecular complexity index is 136. The molecule has 0 aliphatic rings. The Balaban J connectivity index is 0. The predicted molar refractivity (Wildman–Crippen MR) is 29.6 cm³/mol. The van der Waals surface area contributed by atoms with Gasteiger partial charge in [0.15, 0.2) is 0 Å². The average molecular weight is 347 g/mol. The molecule has 0 saturated heterocycles. The second-order valence-corrected chi connectivity index (χ2v) is 0.926. The molecule has 0 fully saturated rings. The standard InChI is InChI=1S/C5H5N2O.U/c6-3-1-2-4-7-5-8;/h5-6H,4H2,(H,7,8);/q-1;+2. The predicted octanol–water partition coefficient (Wildman–Crippen LogP) is -0.738. The van der Waals surface area contributed by atoms with Gasteiger partial charge in [0.05, 0.1) is 0 Å². The fraction of sp³-hybridized carbons (Fsp3) is 0.200. The summed E-state index contributed by atoms with van der Waals surface area (Å²) in [4.78, 5) is 9.52. The van der Waals surface area contributed by atoms with Gasteiger partial charge in [0.2, 0.25) is 6.41 Å². The van der Waals surface area contributed by atoms with Crippen LogP contribution in [0.25, 0.3) is 0 Å². The first-order valence-corrected chi connectivity index (χ1v) is 1.98. The van der Waals surface area contributed by atoms with Gasteiger partial charge in [-0.3, -0.25) is 10.7 Å². The first-order chi connectivity index (χ1) is 3.91. The van der Waals surface area contributed by atoms with E-state index in [2.05, 4.69) is 17.2 Å². The molecule has 1 amide bonds. The number of rotatable bonds is 2. The third-order valence-corrected chi connectivity index (χ3v) is 0.425. The summed E-state index contributed by atoms with van der Waals surface area (Å²) in [5.41, 5.74) is 0. The quantitative estimate of drug-likeness (QED) is 0.223. The Labute approximate surface area is 77.5 Å². The van der Waals surface area contributed by atoms with E-state index in [0.29, 0.717) is 6.41 Å². The molecule has 0 aliphatic carbocycles. The van der Waals surface area contributed by atoms with Crippen molar-refractivity contribution >= 4 is 12.6 Å². The fourth-order valence-electron chi connectivity index (χ4n) is 0.181. The van der Waals surface area contributed by atoms with Gasteiger partial charge in [-0.15, -0.1) is 6.21 Å². The number of carbonyl (C=O) groups is 1. The third kappa shape index (κ3) is 11.4. The molecule has 0 atom stereocenters. The van der Waals surface area contributed by atoms with Crippen LogP contribution in [0, 0.1) is 48.4 Å². The number of carbonyl (C=O) groups excluding carboxylic acids is 1. The van der Waals surface area contributed by atoms with Crippen molar-refractivity contribution < 1.29 is 35.9 Å². The van der Waals surface area contributed by atoms with Crippen molar-refractivity contribution in [1.82, 2.24) is 5.32 Å². The summed E-state index contributed by atoms with van der Waals surface area (Å²) in [6.07, 6.45) is 2.41. The van der Waals surface area contributed by atoms with Gasteiger partial charge >= 0.3 is 31.1 Å². The van der Waals surface area contributed by atoms with Gasteiger partial charge in [-0.25, -0.2) is 0 Å². The molecule has 0 aromatic rings. The van der Waals surface area contributed by atoms with E-state index in [4.69, 9.17) is 5.41 Å². The summed E-state index contributed by atoms with van der Waals surface area (Å²) in [6, 6.07) is 0. The monoisotopic (exact) mass is 347 g/mol. The maximum Gasteiger partial charge on any atom is 2.00 e. The van der Waals surface area contributed by atoms with Gasteiger partial charge in [-0.1, -0.05) is 0 Å². The van der Waals surface area contributed by atoms with Gasteiger partial charge in [0.1, 0.15) is 0 Å². The second-order valence-electron chi connectivity index (χ2n) is 0.926. The summed E-state index contributed by atoms with van der Waals surface area (Å²) >= 11 is 0. The van der Waals surface area contributed by atoms with E-state index in [-0.39, 0.29) is 37.7 Å². The van der Waals surface area contributed by atoms with Crippen LogP contribution in [0.2, 0.25) is 0 Å². The van der Waals surface area contributed by atoms with Crippen molar-refractivity contribution in [3.63, 3.8) is 0 Å². The van der Waals surface area contributed by atoms with E-state index in [9.17, 15) is 4.79 Å². The topological polar surface area (TPSA) is 53.0 Å². The zero-order valence-corrected chi connectivity index (χ0v) is 8.86. The van der Waals surface area contributed by atoms with Crippen molar-refractivity contribution in [2.75, 3.05) is 6.54 Å². The second kappa shape index (κ2) is 10.7. The average Bonchev–Trinajstić information content (AvgIpc) is 1.81.